The molecular weight excluding hydrogens is 392 g/mol. The molecule has 0 bridgehead atoms. The largest absolute Gasteiger partial charge is 0.458 e. The number of piperidine rings is 1. The Morgan fingerprint density at radius 1 is 1.21 bits per heavy atom. The Balaban J connectivity index is 1.59. The zero-order valence-electron chi connectivity index (χ0n) is 16.2. The van der Waals surface area contributed by atoms with E-state index in [0.717, 1.165) is 18.4 Å². The molecule has 0 N–H and O–H groups in total. The van der Waals surface area contributed by atoms with Gasteiger partial charge in [-0.05, 0) is 38.3 Å². The number of nitrogens with zero attached hydrogens (tertiary/aromatic N) is 6. The predicted octanol–water partition coefficient (Wildman–Crippen LogP) is 3.09. The Morgan fingerprint density at radius 2 is 1.93 bits per heavy atom. The number of hydrogen-bond donors (Lipinski definition) is 0. The molecule has 1 fully saturated rings. The number of carbonyl (C=O) groups is 1. The van der Waals surface area contributed by atoms with Gasteiger partial charge in [-0.15, -0.1) is 0 Å². The van der Waals surface area contributed by atoms with Gasteiger partial charge in [0.25, 0.3) is 5.91 Å². The number of likely N-dealkylation sites (tertiary alicyclic amines) is 1. The first-order valence-corrected chi connectivity index (χ1v) is 9.84. The molecule has 0 aliphatic carbocycles. The van der Waals surface area contributed by atoms with Crippen LogP contribution in [0.2, 0.25) is 5.02 Å². The van der Waals surface area contributed by atoms with Crippen LogP contribution >= 0.6 is 11.6 Å². The van der Waals surface area contributed by atoms with E-state index in [9.17, 15) is 4.79 Å². The van der Waals surface area contributed by atoms with E-state index in [1.54, 1.807) is 12.4 Å². The molecule has 3 aromatic rings. The molecule has 0 saturated carbocycles. The number of carbonyl (C=O) groups excluding carboxylic acids is 1. The minimum atomic E-state index is -0.204. The topological polar surface area (TPSA) is 86.0 Å². The van der Waals surface area contributed by atoms with Crippen LogP contribution in [0.4, 0.5) is 0 Å². The first kappa shape index (κ1) is 19.3. The Kier molecular flexibility index (Phi) is 5.44. The summed E-state index contributed by atoms with van der Waals surface area (Å²) >= 11 is 5.84. The maximum atomic E-state index is 13.5. The van der Waals surface area contributed by atoms with Crippen molar-refractivity contribution in [2.45, 2.75) is 38.8 Å². The third-order valence-electron chi connectivity index (χ3n) is 5.12. The summed E-state index contributed by atoms with van der Waals surface area (Å²) in [4.78, 5) is 25.0. The number of hydrogen-bond acceptors (Lipinski definition) is 6. The quantitative estimate of drug-likeness (QED) is 0.654. The second kappa shape index (κ2) is 8.16. The number of amides is 1. The van der Waals surface area contributed by atoms with E-state index < -0.39 is 0 Å². The smallest absolute Gasteiger partial charge is 0.316 e. The fourth-order valence-corrected chi connectivity index (χ4v) is 3.73. The van der Waals surface area contributed by atoms with Crippen LogP contribution < -0.4 is 4.74 Å². The van der Waals surface area contributed by atoms with Gasteiger partial charge in [0.2, 0.25) is 0 Å². The van der Waals surface area contributed by atoms with Crippen molar-refractivity contribution in [3.05, 3.63) is 59.1 Å². The van der Waals surface area contributed by atoms with Crippen LogP contribution in [0.15, 0.2) is 43.0 Å². The van der Waals surface area contributed by atoms with E-state index in [1.165, 1.54) is 17.2 Å². The minimum absolute atomic E-state index is 0.0705. The second-order valence-corrected chi connectivity index (χ2v) is 7.45. The monoisotopic (exact) mass is 412 g/mol. The molecule has 29 heavy (non-hydrogen) atoms. The van der Waals surface area contributed by atoms with E-state index in [0.29, 0.717) is 22.8 Å². The van der Waals surface area contributed by atoms with Crippen molar-refractivity contribution < 1.29 is 9.53 Å². The molecule has 3 heterocycles. The van der Waals surface area contributed by atoms with Crippen molar-refractivity contribution in [3.63, 3.8) is 0 Å². The summed E-state index contributed by atoms with van der Waals surface area (Å²) in [6, 6.07) is 5.75. The summed E-state index contributed by atoms with van der Waals surface area (Å²) in [5, 5.41) is 8.88. The molecule has 4 rings (SSSR count). The number of benzene rings is 1. The van der Waals surface area contributed by atoms with E-state index in [1.807, 2.05) is 36.9 Å². The van der Waals surface area contributed by atoms with E-state index in [2.05, 4.69) is 20.2 Å². The molecule has 8 nitrogen and oxygen atoms in total. The van der Waals surface area contributed by atoms with Crippen LogP contribution in [0.1, 0.15) is 35.7 Å². The van der Waals surface area contributed by atoms with Crippen LogP contribution in [-0.2, 0) is 0 Å². The van der Waals surface area contributed by atoms with E-state index >= 15 is 0 Å². The lowest BCUT2D eigenvalue weighted by atomic mass is 9.98. The summed E-state index contributed by atoms with van der Waals surface area (Å²) in [7, 11) is 0. The van der Waals surface area contributed by atoms with Crippen molar-refractivity contribution in [1.29, 1.82) is 0 Å². The maximum absolute atomic E-state index is 13.5. The Hall–Kier alpha value is -3.00. The van der Waals surface area contributed by atoms with Gasteiger partial charge < -0.3 is 9.64 Å². The van der Waals surface area contributed by atoms with E-state index in [4.69, 9.17) is 16.3 Å². The number of ether oxygens (including phenoxy) is 1. The van der Waals surface area contributed by atoms with Crippen molar-refractivity contribution in [2.24, 2.45) is 0 Å². The van der Waals surface area contributed by atoms with Crippen LogP contribution in [0, 0.1) is 6.92 Å². The molecule has 2 unspecified atom stereocenters. The van der Waals surface area contributed by atoms with Gasteiger partial charge in [0.1, 0.15) is 11.8 Å². The molecule has 2 aromatic heterocycles. The number of aryl methyl sites for hydroxylation is 1. The average molecular weight is 413 g/mol. The number of aromatic nitrogens is 5. The summed E-state index contributed by atoms with van der Waals surface area (Å²) < 4.78 is 5.96. The summed E-state index contributed by atoms with van der Waals surface area (Å²) in [5.74, 6) is -0.0705. The lowest BCUT2D eigenvalue weighted by Gasteiger charge is -2.39. The second-order valence-electron chi connectivity index (χ2n) is 7.01. The fraction of sp³-hybridized carbons (Fsp3) is 0.350. The molecule has 0 radical (unpaired) electrons. The van der Waals surface area contributed by atoms with Gasteiger partial charge >= 0.3 is 6.01 Å². The molecule has 9 heteroatoms. The number of rotatable bonds is 4. The van der Waals surface area contributed by atoms with Gasteiger partial charge in [-0.1, -0.05) is 23.7 Å². The first-order chi connectivity index (χ1) is 14.0. The van der Waals surface area contributed by atoms with Crippen molar-refractivity contribution in [2.75, 3.05) is 6.54 Å². The summed E-state index contributed by atoms with van der Waals surface area (Å²) in [5.41, 5.74) is 2.19. The zero-order chi connectivity index (χ0) is 20.4. The summed E-state index contributed by atoms with van der Waals surface area (Å²) in [6.45, 7) is 4.58. The highest BCUT2D eigenvalue weighted by atomic mass is 35.5. The standard InChI is InChI=1S/C20H21ClN6O2/c1-13-5-3-6-16(18(13)27-24-8-9-25-27)19(28)26-10-4-7-17(14(26)2)29-20-22-11-15(21)12-23-20/h3,5-6,8-9,11-12,14,17H,4,7,10H2,1-2H3. The van der Waals surface area contributed by atoms with Crippen LogP contribution in [0.3, 0.4) is 0 Å². The Morgan fingerprint density at radius 3 is 2.66 bits per heavy atom. The highest BCUT2D eigenvalue weighted by Gasteiger charge is 2.34. The van der Waals surface area contributed by atoms with Crippen LogP contribution in [-0.4, -0.2) is 54.5 Å². The highest BCUT2D eigenvalue weighted by Crippen LogP contribution is 2.26. The molecule has 150 valence electrons. The van der Waals surface area contributed by atoms with Crippen molar-refractivity contribution in [3.8, 4) is 11.7 Å². The SMILES string of the molecule is Cc1cccc(C(=O)N2CCCC(Oc3ncc(Cl)cn3)C2C)c1-n1nccn1. The fourth-order valence-electron chi connectivity index (χ4n) is 3.63. The van der Waals surface area contributed by atoms with Crippen molar-refractivity contribution >= 4 is 17.5 Å². The summed E-state index contributed by atoms with van der Waals surface area (Å²) in [6.07, 6.45) is 7.63. The molecule has 1 aliphatic rings. The Labute approximate surface area is 173 Å². The molecule has 2 atom stereocenters. The van der Waals surface area contributed by atoms with Crippen LogP contribution in [0.25, 0.3) is 5.69 Å². The molecule has 1 aromatic carbocycles. The molecule has 1 saturated heterocycles. The molecular formula is C20H21ClN6O2. The van der Waals surface area contributed by atoms with Gasteiger partial charge in [0.15, 0.2) is 0 Å². The van der Waals surface area contributed by atoms with Gasteiger partial charge in [-0.25, -0.2) is 9.97 Å². The van der Waals surface area contributed by atoms with E-state index in [-0.39, 0.29) is 24.1 Å². The van der Waals surface area contributed by atoms with Gasteiger partial charge in [-0.3, -0.25) is 4.79 Å². The maximum Gasteiger partial charge on any atom is 0.316 e. The third-order valence-corrected chi connectivity index (χ3v) is 5.31. The van der Waals surface area contributed by atoms with Gasteiger partial charge in [-0.2, -0.15) is 15.0 Å². The predicted molar refractivity (Wildman–Crippen MR) is 107 cm³/mol. The van der Waals surface area contributed by atoms with Crippen LogP contribution in [0.5, 0.6) is 6.01 Å². The lowest BCUT2D eigenvalue weighted by molar-refractivity contribution is 0.0248. The highest BCUT2D eigenvalue weighted by molar-refractivity contribution is 6.30. The molecule has 1 amide bonds. The molecule has 0 spiro atoms. The van der Waals surface area contributed by atoms with Gasteiger partial charge in [0.05, 0.1) is 41.4 Å². The molecule has 1 aliphatic heterocycles. The first-order valence-electron chi connectivity index (χ1n) is 9.46. The number of halogens is 1. The Bertz CT molecular complexity index is 993. The van der Waals surface area contributed by atoms with Crippen molar-refractivity contribution in [1.82, 2.24) is 29.9 Å². The minimum Gasteiger partial charge on any atom is -0.458 e. The zero-order valence-corrected chi connectivity index (χ0v) is 17.0. The normalized spacial score (nSPS) is 19.2. The number of para-hydroxylation sites is 1. The third kappa shape index (κ3) is 3.93. The average Bonchev–Trinajstić information content (AvgIpc) is 3.25. The van der Waals surface area contributed by atoms with Gasteiger partial charge in [0, 0.05) is 6.54 Å². The lowest BCUT2D eigenvalue weighted by Crippen LogP contribution is -2.51.